The van der Waals surface area contributed by atoms with Crippen molar-refractivity contribution in [3.63, 3.8) is 0 Å². The minimum absolute atomic E-state index is 0. The van der Waals surface area contributed by atoms with Crippen LogP contribution in [0.4, 0.5) is 13.2 Å². The van der Waals surface area contributed by atoms with Gasteiger partial charge in [0.15, 0.2) is 5.96 Å². The molecule has 1 heterocycles. The van der Waals surface area contributed by atoms with E-state index in [1.54, 1.807) is 30.5 Å². The van der Waals surface area contributed by atoms with Gasteiger partial charge in [0, 0.05) is 30.4 Å². The minimum Gasteiger partial charge on any atom is -0.367 e. The fraction of sp³-hybridized carbons (Fsp3) is 0.450. The maximum Gasteiger partial charge on any atom is 0.411 e. The van der Waals surface area contributed by atoms with Crippen molar-refractivity contribution in [2.45, 2.75) is 38.6 Å². The smallest absolute Gasteiger partial charge is 0.367 e. The Morgan fingerprint density at radius 1 is 1.07 bits per heavy atom. The Balaban J connectivity index is 0.00000420. The number of guanidine groups is 1. The third kappa shape index (κ3) is 9.35. The van der Waals surface area contributed by atoms with E-state index in [0.29, 0.717) is 18.1 Å². The molecule has 0 fully saturated rings. The van der Waals surface area contributed by atoms with Crippen LogP contribution < -0.4 is 10.6 Å². The highest BCUT2D eigenvalue weighted by Crippen LogP contribution is 2.26. The lowest BCUT2D eigenvalue weighted by Gasteiger charge is -2.25. The number of hydrogen-bond donors (Lipinski definition) is 2. The van der Waals surface area contributed by atoms with E-state index >= 15 is 0 Å². The molecule has 9 heteroatoms. The van der Waals surface area contributed by atoms with E-state index in [-0.39, 0.29) is 36.0 Å². The van der Waals surface area contributed by atoms with Gasteiger partial charge in [0.1, 0.15) is 6.61 Å². The largest absolute Gasteiger partial charge is 0.411 e. The molecule has 0 aliphatic heterocycles. The molecule has 0 spiro atoms. The molecule has 2 aromatic rings. The average Bonchev–Trinajstić information content (AvgIpc) is 3.18. The van der Waals surface area contributed by atoms with Crippen LogP contribution in [0, 0.1) is 0 Å². The van der Waals surface area contributed by atoms with Crippen molar-refractivity contribution in [2.75, 3.05) is 20.2 Å². The fourth-order valence-electron chi connectivity index (χ4n) is 2.50. The van der Waals surface area contributed by atoms with Crippen molar-refractivity contribution in [3.05, 3.63) is 57.8 Å². The van der Waals surface area contributed by atoms with Crippen LogP contribution >= 0.6 is 35.3 Å². The lowest BCUT2D eigenvalue weighted by atomic mass is 9.91. The van der Waals surface area contributed by atoms with Gasteiger partial charge < -0.3 is 15.4 Å². The molecule has 1 aromatic carbocycles. The quantitative estimate of drug-likeness (QED) is 0.278. The zero-order chi connectivity index (χ0) is 20.6. The van der Waals surface area contributed by atoms with Gasteiger partial charge in [0.25, 0.3) is 0 Å². The Labute approximate surface area is 191 Å². The zero-order valence-electron chi connectivity index (χ0n) is 16.7. The summed E-state index contributed by atoms with van der Waals surface area (Å²) in [6.07, 6.45) is -4.30. The van der Waals surface area contributed by atoms with Crippen LogP contribution in [0.5, 0.6) is 0 Å². The number of ether oxygens (including phenoxy) is 1. The summed E-state index contributed by atoms with van der Waals surface area (Å²) >= 11 is 1.73. The summed E-state index contributed by atoms with van der Waals surface area (Å²) in [7, 11) is 1.72. The van der Waals surface area contributed by atoms with Crippen LogP contribution in [0.25, 0.3) is 0 Å². The first-order valence-electron chi connectivity index (χ1n) is 8.90. The van der Waals surface area contributed by atoms with E-state index in [1.807, 2.05) is 18.2 Å². The molecule has 2 rings (SSSR count). The average molecular weight is 541 g/mol. The second-order valence-electron chi connectivity index (χ2n) is 7.06. The highest BCUT2D eigenvalue weighted by atomic mass is 127. The number of thiophene rings is 1. The molecule has 2 N–H and O–H groups in total. The lowest BCUT2D eigenvalue weighted by Crippen LogP contribution is -2.42. The second kappa shape index (κ2) is 11.8. The summed E-state index contributed by atoms with van der Waals surface area (Å²) in [6, 6.07) is 11.4. The molecule has 4 nitrogen and oxygen atoms in total. The third-order valence-corrected chi connectivity index (χ3v) is 5.36. The molecule has 0 aliphatic carbocycles. The van der Waals surface area contributed by atoms with Gasteiger partial charge in [0.05, 0.1) is 6.61 Å². The Morgan fingerprint density at radius 2 is 1.72 bits per heavy atom. The van der Waals surface area contributed by atoms with E-state index < -0.39 is 12.8 Å². The summed E-state index contributed by atoms with van der Waals surface area (Å²) in [5.74, 6) is 0.696. The van der Waals surface area contributed by atoms with E-state index in [2.05, 4.69) is 45.7 Å². The predicted molar refractivity (Wildman–Crippen MR) is 123 cm³/mol. The monoisotopic (exact) mass is 541 g/mol. The fourth-order valence-corrected chi connectivity index (χ4v) is 3.35. The van der Waals surface area contributed by atoms with Gasteiger partial charge in [-0.05, 0) is 22.6 Å². The highest BCUT2D eigenvalue weighted by Gasteiger charge is 2.27. The van der Waals surface area contributed by atoms with Gasteiger partial charge in [-0.2, -0.15) is 13.2 Å². The van der Waals surface area contributed by atoms with Crippen LogP contribution in [0.3, 0.4) is 0 Å². The normalized spacial score (nSPS) is 12.4. The number of nitrogens with zero attached hydrogens (tertiary/aromatic N) is 1. The first-order chi connectivity index (χ1) is 13.2. The Morgan fingerprint density at radius 3 is 2.28 bits per heavy atom. The molecule has 0 atom stereocenters. The standard InChI is InChI=1S/C20H26F3N3OS.HI/c1-19(2,17-5-4-10-28-17)13-26-18(24-3)25-11-15-6-8-16(9-7-15)12-27-14-20(21,22)23;/h4-10H,11-14H2,1-3H3,(H2,24,25,26);1H. The molecule has 0 aliphatic rings. The first kappa shape index (κ1) is 25.7. The van der Waals surface area contributed by atoms with E-state index in [1.165, 1.54) is 4.88 Å². The Hall–Kier alpha value is -1.33. The number of aliphatic imine (C=N–C) groups is 1. The van der Waals surface area contributed by atoms with Gasteiger partial charge in [-0.15, -0.1) is 35.3 Å². The van der Waals surface area contributed by atoms with Crippen molar-refractivity contribution in [2.24, 2.45) is 4.99 Å². The molecule has 0 bridgehead atoms. The van der Waals surface area contributed by atoms with Crippen LogP contribution in [-0.2, 0) is 23.3 Å². The van der Waals surface area contributed by atoms with E-state index in [0.717, 1.165) is 12.1 Å². The highest BCUT2D eigenvalue weighted by molar-refractivity contribution is 14.0. The zero-order valence-corrected chi connectivity index (χ0v) is 19.8. The minimum atomic E-state index is -4.30. The van der Waals surface area contributed by atoms with Crippen molar-refractivity contribution < 1.29 is 17.9 Å². The number of alkyl halides is 3. The summed E-state index contributed by atoms with van der Waals surface area (Å²) in [5.41, 5.74) is 1.69. The Kier molecular flexibility index (Phi) is 10.4. The number of halogens is 4. The van der Waals surface area contributed by atoms with Crippen LogP contribution in [-0.4, -0.2) is 32.3 Å². The number of benzene rings is 1. The Bertz CT molecular complexity index is 747. The van der Waals surface area contributed by atoms with Crippen molar-refractivity contribution in [1.29, 1.82) is 0 Å². The molecule has 29 heavy (non-hydrogen) atoms. The van der Waals surface area contributed by atoms with Crippen molar-refractivity contribution in [3.8, 4) is 0 Å². The second-order valence-corrected chi connectivity index (χ2v) is 8.01. The maximum atomic E-state index is 12.1. The summed E-state index contributed by atoms with van der Waals surface area (Å²) in [5, 5.41) is 8.66. The predicted octanol–water partition coefficient (Wildman–Crippen LogP) is 5.09. The van der Waals surface area contributed by atoms with Crippen LogP contribution in [0.15, 0.2) is 46.8 Å². The number of hydrogen-bond acceptors (Lipinski definition) is 3. The van der Waals surface area contributed by atoms with Crippen LogP contribution in [0.2, 0.25) is 0 Å². The lowest BCUT2D eigenvalue weighted by molar-refractivity contribution is -0.176. The van der Waals surface area contributed by atoms with Gasteiger partial charge in [-0.3, -0.25) is 4.99 Å². The van der Waals surface area contributed by atoms with Gasteiger partial charge in [-0.25, -0.2) is 0 Å². The summed E-state index contributed by atoms with van der Waals surface area (Å²) < 4.78 is 41.0. The molecular formula is C20H27F3IN3OS. The maximum absolute atomic E-state index is 12.1. The van der Waals surface area contributed by atoms with Gasteiger partial charge in [-0.1, -0.05) is 44.2 Å². The molecule has 0 radical (unpaired) electrons. The van der Waals surface area contributed by atoms with Crippen molar-refractivity contribution >= 4 is 41.3 Å². The summed E-state index contributed by atoms with van der Waals surface area (Å²) in [6.45, 7) is 4.36. The molecule has 0 saturated heterocycles. The van der Waals surface area contributed by atoms with Gasteiger partial charge >= 0.3 is 6.18 Å². The topological polar surface area (TPSA) is 45.7 Å². The van der Waals surface area contributed by atoms with E-state index in [4.69, 9.17) is 0 Å². The molecular weight excluding hydrogens is 514 g/mol. The number of nitrogens with one attached hydrogen (secondary N) is 2. The first-order valence-corrected chi connectivity index (χ1v) is 9.78. The number of rotatable bonds is 8. The van der Waals surface area contributed by atoms with Crippen LogP contribution in [0.1, 0.15) is 29.9 Å². The SMILES string of the molecule is CN=C(NCc1ccc(COCC(F)(F)F)cc1)NCC(C)(C)c1cccs1.I. The molecule has 1 aromatic heterocycles. The van der Waals surface area contributed by atoms with Crippen molar-refractivity contribution in [1.82, 2.24) is 10.6 Å². The third-order valence-electron chi connectivity index (χ3n) is 4.13. The van der Waals surface area contributed by atoms with Gasteiger partial charge in [0.2, 0.25) is 0 Å². The van der Waals surface area contributed by atoms with E-state index in [9.17, 15) is 13.2 Å². The molecule has 162 valence electrons. The molecule has 0 unspecified atom stereocenters. The molecule has 0 amide bonds. The molecule has 0 saturated carbocycles. The summed E-state index contributed by atoms with van der Waals surface area (Å²) in [4.78, 5) is 5.54.